The maximum atomic E-state index is 14.0. The lowest BCUT2D eigenvalue weighted by molar-refractivity contribution is 0.0686. The smallest absolute Gasteiger partial charge is 0.341 e. The van der Waals surface area contributed by atoms with E-state index in [9.17, 15) is 34.8 Å². The number of rotatable bonds is 9. The van der Waals surface area contributed by atoms with Crippen molar-refractivity contribution >= 4 is 31.5 Å². The molecule has 0 aliphatic rings. The monoisotopic (exact) mass is 403 g/mol. The average Bonchev–Trinajstić information content (AvgIpc) is 2.48. The zero-order valence-electron chi connectivity index (χ0n) is 13.0. The van der Waals surface area contributed by atoms with Crippen LogP contribution in [0.2, 0.25) is 0 Å². The summed E-state index contributed by atoms with van der Waals surface area (Å²) in [5.41, 5.74) is -2.29. The summed E-state index contributed by atoms with van der Waals surface area (Å²) in [4.78, 5) is 10.8. The highest BCUT2D eigenvalue weighted by Crippen LogP contribution is 2.25. The largest absolute Gasteiger partial charge is 0.477 e. The van der Waals surface area contributed by atoms with Crippen LogP contribution in [0.1, 0.15) is 30.1 Å². The number of carbonyl (C=O) groups is 1. The van der Waals surface area contributed by atoms with E-state index in [2.05, 4.69) is 0 Å². The van der Waals surface area contributed by atoms with Crippen molar-refractivity contribution in [1.82, 2.24) is 0 Å². The normalized spacial score (nSPS) is 13.4. The highest BCUT2D eigenvalue weighted by atomic mass is 32.3. The van der Waals surface area contributed by atoms with Crippen molar-refractivity contribution in [2.24, 2.45) is 0 Å². The zero-order chi connectivity index (χ0) is 19.4. The van der Waals surface area contributed by atoms with Crippen molar-refractivity contribution in [3.05, 3.63) is 29.3 Å². The third-order valence-electron chi connectivity index (χ3n) is 3.20. The lowest BCUT2D eigenvalue weighted by atomic mass is 10.2. The third kappa shape index (κ3) is 4.84. The van der Waals surface area contributed by atoms with Gasteiger partial charge >= 0.3 is 5.97 Å². The number of sulfonamides is 1. The summed E-state index contributed by atoms with van der Waals surface area (Å²) < 4.78 is 87.8. The first-order valence-electron chi connectivity index (χ1n) is 6.98. The van der Waals surface area contributed by atoms with E-state index in [4.69, 9.17) is 5.11 Å². The third-order valence-corrected chi connectivity index (χ3v) is 8.36. The van der Waals surface area contributed by atoms with E-state index >= 15 is 0 Å². The molecule has 2 N–H and O–H groups in total. The van der Waals surface area contributed by atoms with Gasteiger partial charge in [0, 0.05) is 0 Å². The van der Waals surface area contributed by atoms with Crippen LogP contribution in [0.15, 0.2) is 12.1 Å². The molecule has 142 valence electrons. The second kappa shape index (κ2) is 8.04. The first-order valence-corrected chi connectivity index (χ1v) is 10.2. The SMILES string of the molecule is CCC(S(=O)(=O)CCCF)S(=O)(=O)Nc1ccc(F)c(C(=O)O)c1F. The Bertz CT molecular complexity index is 855. The van der Waals surface area contributed by atoms with Crippen molar-refractivity contribution in [2.75, 3.05) is 17.1 Å². The number of hydrogen-bond acceptors (Lipinski definition) is 5. The van der Waals surface area contributed by atoms with E-state index in [0.29, 0.717) is 12.1 Å². The molecule has 0 fully saturated rings. The number of nitrogens with one attached hydrogen (secondary N) is 1. The predicted molar refractivity (Wildman–Crippen MR) is 84.3 cm³/mol. The van der Waals surface area contributed by atoms with E-state index in [1.54, 1.807) is 4.72 Å². The van der Waals surface area contributed by atoms with Gasteiger partial charge in [-0.05, 0) is 25.0 Å². The number of benzene rings is 1. The predicted octanol–water partition coefficient (Wildman–Crippen LogP) is 1.92. The summed E-state index contributed by atoms with van der Waals surface area (Å²) >= 11 is 0. The molecule has 0 spiro atoms. The van der Waals surface area contributed by atoms with Gasteiger partial charge < -0.3 is 5.11 Å². The topological polar surface area (TPSA) is 118 Å². The number of alkyl halides is 1. The molecule has 12 heteroatoms. The Morgan fingerprint density at radius 1 is 1.24 bits per heavy atom. The van der Waals surface area contributed by atoms with E-state index < -0.39 is 78.6 Å². The van der Waals surface area contributed by atoms with Crippen LogP contribution in [0, 0.1) is 11.6 Å². The highest BCUT2D eigenvalue weighted by molar-refractivity contribution is 8.09. The number of aromatic carboxylic acids is 1. The van der Waals surface area contributed by atoms with Gasteiger partial charge in [-0.2, -0.15) is 0 Å². The minimum atomic E-state index is -4.71. The number of halogens is 3. The van der Waals surface area contributed by atoms with Gasteiger partial charge in [-0.1, -0.05) is 6.92 Å². The van der Waals surface area contributed by atoms with Crippen molar-refractivity contribution in [2.45, 2.75) is 24.3 Å². The Morgan fingerprint density at radius 2 is 1.84 bits per heavy atom. The maximum absolute atomic E-state index is 14.0. The summed E-state index contributed by atoms with van der Waals surface area (Å²) in [5, 5.41) is 8.76. The molecule has 0 radical (unpaired) electrons. The summed E-state index contributed by atoms with van der Waals surface area (Å²) in [6, 6.07) is 1.17. The van der Waals surface area contributed by atoms with Crippen LogP contribution in [0.3, 0.4) is 0 Å². The Balaban J connectivity index is 3.29. The van der Waals surface area contributed by atoms with Crippen molar-refractivity contribution in [3.63, 3.8) is 0 Å². The van der Waals surface area contributed by atoms with E-state index in [0.717, 1.165) is 0 Å². The standard InChI is InChI=1S/C13H16F3NO6S2/c1-2-10(24(20,21)7-3-6-14)25(22,23)17-9-5-4-8(15)11(12(9)16)13(18)19/h4-5,10,17H,2-3,6-7H2,1H3,(H,18,19). The molecule has 7 nitrogen and oxygen atoms in total. The fourth-order valence-electron chi connectivity index (χ4n) is 2.10. The van der Waals surface area contributed by atoms with Gasteiger partial charge in [-0.15, -0.1) is 0 Å². The molecule has 0 saturated carbocycles. The van der Waals surface area contributed by atoms with Crippen molar-refractivity contribution in [3.8, 4) is 0 Å². The fraction of sp³-hybridized carbons (Fsp3) is 0.462. The second-order valence-corrected chi connectivity index (χ2v) is 9.45. The van der Waals surface area contributed by atoms with Crippen LogP contribution < -0.4 is 4.72 Å². The van der Waals surface area contributed by atoms with Crippen LogP contribution in [-0.2, 0) is 19.9 Å². The summed E-state index contributed by atoms with van der Waals surface area (Å²) in [6.45, 7) is 0.290. The fourth-order valence-corrected chi connectivity index (χ4v) is 6.39. The van der Waals surface area contributed by atoms with E-state index in [-0.39, 0.29) is 0 Å². The van der Waals surface area contributed by atoms with Crippen molar-refractivity contribution in [1.29, 1.82) is 0 Å². The quantitative estimate of drug-likeness (QED) is 0.650. The Hall–Kier alpha value is -1.82. The zero-order valence-corrected chi connectivity index (χ0v) is 14.6. The van der Waals surface area contributed by atoms with Crippen LogP contribution in [-0.4, -0.2) is 44.9 Å². The molecule has 0 aromatic heterocycles. The summed E-state index contributed by atoms with van der Waals surface area (Å²) in [5.74, 6) is -5.80. The van der Waals surface area contributed by atoms with Crippen LogP contribution in [0.25, 0.3) is 0 Å². The maximum Gasteiger partial charge on any atom is 0.341 e. The molecule has 0 aliphatic carbocycles. The first kappa shape index (κ1) is 21.2. The molecule has 1 aromatic carbocycles. The Morgan fingerprint density at radius 3 is 2.32 bits per heavy atom. The molecule has 0 aliphatic heterocycles. The number of anilines is 1. The minimum Gasteiger partial charge on any atom is -0.477 e. The number of hydrogen-bond donors (Lipinski definition) is 2. The Labute approximate surface area is 142 Å². The molecule has 0 bridgehead atoms. The minimum absolute atomic E-state index is 0.400. The van der Waals surface area contributed by atoms with E-state index in [1.807, 2.05) is 0 Å². The lowest BCUT2D eigenvalue weighted by Gasteiger charge is -2.18. The van der Waals surface area contributed by atoms with Crippen LogP contribution in [0.4, 0.5) is 18.9 Å². The molecule has 0 saturated heterocycles. The van der Waals surface area contributed by atoms with Crippen LogP contribution >= 0.6 is 0 Å². The van der Waals surface area contributed by atoms with Gasteiger partial charge in [-0.25, -0.2) is 30.4 Å². The van der Waals surface area contributed by atoms with Gasteiger partial charge in [0.15, 0.2) is 20.2 Å². The van der Waals surface area contributed by atoms with Gasteiger partial charge in [0.05, 0.1) is 18.1 Å². The molecule has 0 heterocycles. The van der Waals surface area contributed by atoms with E-state index in [1.165, 1.54) is 6.92 Å². The summed E-state index contributed by atoms with van der Waals surface area (Å²) in [7, 11) is -8.97. The molecule has 1 unspecified atom stereocenters. The molecular weight excluding hydrogens is 387 g/mol. The molecule has 1 rings (SSSR count). The molecule has 25 heavy (non-hydrogen) atoms. The molecule has 1 atom stereocenters. The average molecular weight is 403 g/mol. The van der Waals surface area contributed by atoms with Crippen LogP contribution in [0.5, 0.6) is 0 Å². The second-order valence-electron chi connectivity index (χ2n) is 4.98. The number of carboxylic acid groups (broad SMARTS) is 1. The molecule has 1 aromatic rings. The van der Waals surface area contributed by atoms with Gasteiger partial charge in [-0.3, -0.25) is 9.11 Å². The summed E-state index contributed by atoms with van der Waals surface area (Å²) in [6.07, 6.45) is -0.805. The molecule has 0 amide bonds. The van der Waals surface area contributed by atoms with Gasteiger partial charge in [0.2, 0.25) is 10.0 Å². The number of carboxylic acids is 1. The Kier molecular flexibility index (Phi) is 6.82. The van der Waals surface area contributed by atoms with Gasteiger partial charge in [0.1, 0.15) is 11.4 Å². The lowest BCUT2D eigenvalue weighted by Crippen LogP contribution is -2.36. The first-order chi connectivity index (χ1) is 11.5. The van der Waals surface area contributed by atoms with Crippen molar-refractivity contribution < 1.29 is 39.9 Å². The van der Waals surface area contributed by atoms with Gasteiger partial charge in [0.25, 0.3) is 0 Å². The molecular formula is C13H16F3NO6S2. The number of sulfone groups is 1. The highest BCUT2D eigenvalue weighted by Gasteiger charge is 2.36.